The monoisotopic (exact) mass is 426 g/mol. The third-order valence-corrected chi connectivity index (χ3v) is 5.50. The van der Waals surface area contributed by atoms with Crippen molar-refractivity contribution in [3.63, 3.8) is 0 Å². The molecule has 0 unspecified atom stereocenters. The highest BCUT2D eigenvalue weighted by molar-refractivity contribution is 7.10. The minimum absolute atomic E-state index is 0.232. The molecule has 3 aromatic rings. The second-order valence-electron chi connectivity index (χ2n) is 6.71. The van der Waals surface area contributed by atoms with Crippen LogP contribution in [0.1, 0.15) is 45.3 Å². The van der Waals surface area contributed by atoms with Crippen LogP contribution in [0.2, 0.25) is 5.02 Å². The summed E-state index contributed by atoms with van der Waals surface area (Å²) in [7, 11) is 0. The van der Waals surface area contributed by atoms with Crippen LogP contribution >= 0.6 is 22.9 Å². The first-order valence-electron chi connectivity index (χ1n) is 9.44. The van der Waals surface area contributed by atoms with E-state index in [1.54, 1.807) is 35.8 Å². The number of thiophene rings is 1. The Morgan fingerprint density at radius 1 is 1.21 bits per heavy atom. The Labute approximate surface area is 180 Å². The molecule has 0 fully saturated rings. The van der Waals surface area contributed by atoms with Crippen LogP contribution in [0.15, 0.2) is 59.0 Å². The summed E-state index contributed by atoms with van der Waals surface area (Å²) < 4.78 is 5.93. The molecule has 0 aliphatic heterocycles. The van der Waals surface area contributed by atoms with Gasteiger partial charge in [-0.05, 0) is 43.2 Å². The van der Waals surface area contributed by atoms with Crippen molar-refractivity contribution in [3.8, 4) is 5.75 Å². The van der Waals surface area contributed by atoms with Gasteiger partial charge >= 0.3 is 0 Å². The van der Waals surface area contributed by atoms with Crippen LogP contribution < -0.4 is 10.2 Å². The first kappa shape index (κ1) is 21.1. The molecule has 0 aliphatic carbocycles. The zero-order valence-corrected chi connectivity index (χ0v) is 18.0. The molecule has 1 N–H and O–H groups in total. The Morgan fingerprint density at radius 3 is 2.76 bits per heavy atom. The lowest BCUT2D eigenvalue weighted by molar-refractivity contribution is 0.0955. The van der Waals surface area contributed by atoms with Crippen molar-refractivity contribution >= 4 is 35.1 Å². The molecule has 1 heterocycles. The summed E-state index contributed by atoms with van der Waals surface area (Å²) in [6.07, 6.45) is 3.58. The lowest BCUT2D eigenvalue weighted by atomic mass is 10.1. The number of carbonyl (C=O) groups is 1. The van der Waals surface area contributed by atoms with E-state index < -0.39 is 0 Å². The number of hydrogen-bond donors (Lipinski definition) is 1. The van der Waals surface area contributed by atoms with E-state index in [9.17, 15) is 4.79 Å². The quantitative estimate of drug-likeness (QED) is 0.354. The number of aryl methyl sites for hydroxylation is 2. The lowest BCUT2D eigenvalue weighted by Crippen LogP contribution is -2.16. The van der Waals surface area contributed by atoms with Gasteiger partial charge in [0.25, 0.3) is 5.91 Å². The Bertz CT molecular complexity index is 996. The molecule has 0 saturated carbocycles. The van der Waals surface area contributed by atoms with E-state index >= 15 is 0 Å². The third kappa shape index (κ3) is 6.17. The Kier molecular flexibility index (Phi) is 7.44. The number of hydrazone groups is 1. The van der Waals surface area contributed by atoms with Crippen molar-refractivity contribution < 1.29 is 9.53 Å². The third-order valence-electron chi connectivity index (χ3n) is 4.27. The second kappa shape index (κ2) is 10.2. The highest BCUT2D eigenvalue weighted by Crippen LogP contribution is 2.23. The number of nitrogens with one attached hydrogen (secondary N) is 1. The Morgan fingerprint density at radius 2 is 2.00 bits per heavy atom. The zero-order valence-electron chi connectivity index (χ0n) is 16.4. The van der Waals surface area contributed by atoms with Crippen LogP contribution in [0.3, 0.4) is 0 Å². The number of hydrogen-bond acceptors (Lipinski definition) is 4. The average molecular weight is 427 g/mol. The summed E-state index contributed by atoms with van der Waals surface area (Å²) in [6, 6.07) is 15.4. The fourth-order valence-electron chi connectivity index (χ4n) is 2.70. The van der Waals surface area contributed by atoms with E-state index in [1.165, 1.54) is 10.4 Å². The molecule has 4 nitrogen and oxygen atoms in total. The van der Waals surface area contributed by atoms with Crippen LogP contribution in [0, 0.1) is 6.92 Å². The second-order valence-corrected chi connectivity index (χ2v) is 8.14. The van der Waals surface area contributed by atoms with Gasteiger partial charge in [0.15, 0.2) is 0 Å². The molecule has 0 radical (unpaired) electrons. The first-order chi connectivity index (χ1) is 14.0. The number of amides is 1. The molecule has 0 bridgehead atoms. The van der Waals surface area contributed by atoms with Crippen molar-refractivity contribution in [3.05, 3.63) is 86.1 Å². The summed E-state index contributed by atoms with van der Waals surface area (Å²) in [6.45, 7) is 4.60. The predicted octanol–water partition coefficient (Wildman–Crippen LogP) is 6.01. The Hall–Kier alpha value is -2.63. The van der Waals surface area contributed by atoms with Crippen LogP contribution in [0.4, 0.5) is 0 Å². The first-order valence-corrected chi connectivity index (χ1v) is 10.7. The average Bonchev–Trinajstić information content (AvgIpc) is 3.18. The molecular formula is C23H23ClN2O2S. The molecule has 0 saturated heterocycles. The van der Waals surface area contributed by atoms with Crippen molar-refractivity contribution in [2.75, 3.05) is 0 Å². The summed E-state index contributed by atoms with van der Waals surface area (Å²) in [5, 5.41) is 6.51. The van der Waals surface area contributed by atoms with Gasteiger partial charge in [-0.1, -0.05) is 54.8 Å². The van der Waals surface area contributed by atoms with E-state index in [1.807, 2.05) is 30.5 Å². The van der Waals surface area contributed by atoms with Gasteiger partial charge < -0.3 is 4.74 Å². The summed E-state index contributed by atoms with van der Waals surface area (Å²) in [5.41, 5.74) is 6.16. The van der Waals surface area contributed by atoms with E-state index in [4.69, 9.17) is 16.3 Å². The number of ether oxygens (including phenoxy) is 1. The van der Waals surface area contributed by atoms with Crippen LogP contribution in [-0.4, -0.2) is 12.1 Å². The maximum absolute atomic E-state index is 12.3. The summed E-state index contributed by atoms with van der Waals surface area (Å²) >= 11 is 7.71. The van der Waals surface area contributed by atoms with Gasteiger partial charge in [-0.3, -0.25) is 4.79 Å². The standard InChI is InChI=1S/C23H23ClN2O2S/c1-3-4-21-12-19(15-29-21)23(27)26-25-13-18-11-20(24)9-10-22(18)28-14-17-7-5-16(2)6-8-17/h5-13,15H,3-4,14H2,1-2H3,(H,26,27)/b25-13+. The summed E-state index contributed by atoms with van der Waals surface area (Å²) in [4.78, 5) is 13.5. The van der Waals surface area contributed by atoms with Crippen molar-refractivity contribution in [2.24, 2.45) is 5.10 Å². The van der Waals surface area contributed by atoms with E-state index in [-0.39, 0.29) is 5.91 Å². The molecule has 29 heavy (non-hydrogen) atoms. The van der Waals surface area contributed by atoms with Crippen LogP contribution in [0.25, 0.3) is 0 Å². The maximum atomic E-state index is 12.3. The van der Waals surface area contributed by atoms with Gasteiger partial charge in [-0.15, -0.1) is 11.3 Å². The molecular weight excluding hydrogens is 404 g/mol. The lowest BCUT2D eigenvalue weighted by Gasteiger charge is -2.10. The molecule has 6 heteroatoms. The van der Waals surface area contributed by atoms with Crippen LogP contribution in [0.5, 0.6) is 5.75 Å². The predicted molar refractivity (Wildman–Crippen MR) is 120 cm³/mol. The minimum Gasteiger partial charge on any atom is -0.488 e. The molecule has 0 aliphatic rings. The molecule has 3 rings (SSSR count). The Balaban J connectivity index is 1.65. The number of halogens is 1. The molecule has 1 amide bonds. The largest absolute Gasteiger partial charge is 0.488 e. The molecule has 150 valence electrons. The van der Waals surface area contributed by atoms with Crippen molar-refractivity contribution in [2.45, 2.75) is 33.3 Å². The van der Waals surface area contributed by atoms with E-state index in [0.29, 0.717) is 28.5 Å². The van der Waals surface area contributed by atoms with Gasteiger partial charge in [-0.2, -0.15) is 5.10 Å². The number of carbonyl (C=O) groups excluding carboxylic acids is 1. The highest BCUT2D eigenvalue weighted by Gasteiger charge is 2.08. The topological polar surface area (TPSA) is 50.7 Å². The van der Waals surface area contributed by atoms with E-state index in [2.05, 4.69) is 29.6 Å². The maximum Gasteiger partial charge on any atom is 0.272 e. The number of benzene rings is 2. The molecule has 1 aromatic heterocycles. The van der Waals surface area contributed by atoms with Crippen molar-refractivity contribution in [1.29, 1.82) is 0 Å². The molecule has 2 aromatic carbocycles. The van der Waals surface area contributed by atoms with Gasteiger partial charge in [0.1, 0.15) is 12.4 Å². The van der Waals surface area contributed by atoms with E-state index in [0.717, 1.165) is 18.4 Å². The van der Waals surface area contributed by atoms with Crippen LogP contribution in [-0.2, 0) is 13.0 Å². The van der Waals surface area contributed by atoms with Gasteiger partial charge in [-0.25, -0.2) is 5.43 Å². The SMILES string of the molecule is CCCc1cc(C(=O)N/N=C/c2cc(Cl)ccc2OCc2ccc(C)cc2)cs1. The zero-order chi connectivity index (χ0) is 20.6. The normalized spacial score (nSPS) is 11.0. The minimum atomic E-state index is -0.232. The molecule has 0 spiro atoms. The van der Waals surface area contributed by atoms with Crippen molar-refractivity contribution in [1.82, 2.24) is 5.43 Å². The van der Waals surface area contributed by atoms with Gasteiger partial charge in [0, 0.05) is 20.8 Å². The van der Waals surface area contributed by atoms with Gasteiger partial charge in [0.05, 0.1) is 11.8 Å². The summed E-state index contributed by atoms with van der Waals surface area (Å²) in [5.74, 6) is 0.415. The number of nitrogens with zero attached hydrogens (tertiary/aromatic N) is 1. The number of rotatable bonds is 8. The fourth-order valence-corrected chi connectivity index (χ4v) is 3.85. The molecule has 0 atom stereocenters. The van der Waals surface area contributed by atoms with Gasteiger partial charge in [0.2, 0.25) is 0 Å². The highest BCUT2D eigenvalue weighted by atomic mass is 35.5. The fraction of sp³-hybridized carbons (Fsp3) is 0.217. The smallest absolute Gasteiger partial charge is 0.272 e.